The fourth-order valence-corrected chi connectivity index (χ4v) is 2.78. The molecule has 18 heavy (non-hydrogen) atoms. The van der Waals surface area contributed by atoms with Crippen LogP contribution >= 0.6 is 11.3 Å². The van der Waals surface area contributed by atoms with Crippen molar-refractivity contribution in [1.82, 2.24) is 10.3 Å². The van der Waals surface area contributed by atoms with Gasteiger partial charge in [-0.2, -0.15) is 0 Å². The molecule has 0 fully saturated rings. The number of benzene rings is 1. The molecule has 0 radical (unpaired) electrons. The minimum atomic E-state index is 0.359. The summed E-state index contributed by atoms with van der Waals surface area (Å²) in [6.45, 7) is 7.35. The van der Waals surface area contributed by atoms with Gasteiger partial charge >= 0.3 is 0 Å². The van der Waals surface area contributed by atoms with Crippen LogP contribution in [0.5, 0.6) is 0 Å². The molecule has 2 aromatic rings. The summed E-state index contributed by atoms with van der Waals surface area (Å²) in [6.07, 6.45) is 1.03. The average Bonchev–Trinajstić information content (AvgIpc) is 2.84. The highest BCUT2D eigenvalue weighted by Gasteiger charge is 2.08. The Kier molecular flexibility index (Phi) is 4.50. The lowest BCUT2D eigenvalue weighted by atomic mass is 10.0. The average molecular weight is 260 g/mol. The van der Waals surface area contributed by atoms with Gasteiger partial charge in [0, 0.05) is 18.0 Å². The van der Waals surface area contributed by atoms with E-state index in [2.05, 4.69) is 60.7 Å². The third-order valence-electron chi connectivity index (χ3n) is 3.15. The number of aromatic nitrogens is 1. The van der Waals surface area contributed by atoms with Gasteiger partial charge in [-0.3, -0.25) is 0 Å². The number of nitrogens with zero attached hydrogens (tertiary/aromatic N) is 1. The van der Waals surface area contributed by atoms with E-state index in [-0.39, 0.29) is 0 Å². The van der Waals surface area contributed by atoms with Crippen molar-refractivity contribution in [3.8, 4) is 0 Å². The third-order valence-corrected chi connectivity index (χ3v) is 4.19. The maximum Gasteiger partial charge on any atom is 0.0926 e. The molecule has 0 saturated heterocycles. The van der Waals surface area contributed by atoms with Crippen LogP contribution in [0.4, 0.5) is 0 Å². The smallest absolute Gasteiger partial charge is 0.0926 e. The molecule has 3 heteroatoms. The van der Waals surface area contributed by atoms with E-state index in [0.29, 0.717) is 6.04 Å². The summed E-state index contributed by atoms with van der Waals surface area (Å²) in [6, 6.07) is 8.88. The molecule has 2 rings (SSSR count). The van der Waals surface area contributed by atoms with Gasteiger partial charge in [-0.05, 0) is 31.4 Å². The van der Waals surface area contributed by atoms with Gasteiger partial charge in [-0.25, -0.2) is 4.98 Å². The highest BCUT2D eigenvalue weighted by Crippen LogP contribution is 2.17. The van der Waals surface area contributed by atoms with E-state index in [9.17, 15) is 0 Å². The zero-order valence-electron chi connectivity index (χ0n) is 11.2. The Bertz CT molecular complexity index is 505. The zero-order valence-corrected chi connectivity index (χ0v) is 12.1. The first-order valence-corrected chi connectivity index (χ1v) is 7.31. The van der Waals surface area contributed by atoms with Crippen LogP contribution in [0, 0.1) is 6.92 Å². The highest BCUT2D eigenvalue weighted by atomic mass is 32.1. The van der Waals surface area contributed by atoms with Crippen LogP contribution in [-0.2, 0) is 13.0 Å². The van der Waals surface area contributed by atoms with Crippen molar-refractivity contribution in [2.24, 2.45) is 0 Å². The van der Waals surface area contributed by atoms with Crippen LogP contribution in [0.1, 0.15) is 41.7 Å². The van der Waals surface area contributed by atoms with Gasteiger partial charge in [0.2, 0.25) is 0 Å². The van der Waals surface area contributed by atoms with E-state index >= 15 is 0 Å². The lowest BCUT2D eigenvalue weighted by Crippen LogP contribution is -2.19. The summed E-state index contributed by atoms with van der Waals surface area (Å²) in [5, 5.41) is 6.90. The fourth-order valence-electron chi connectivity index (χ4n) is 2.03. The number of hydrogen-bond donors (Lipinski definition) is 1. The molecule has 1 atom stereocenters. The summed E-state index contributed by atoms with van der Waals surface area (Å²) in [5.74, 6) is 0. The van der Waals surface area contributed by atoms with Crippen molar-refractivity contribution < 1.29 is 0 Å². The molecule has 0 aliphatic carbocycles. The van der Waals surface area contributed by atoms with Crippen LogP contribution in [0.2, 0.25) is 0 Å². The third kappa shape index (κ3) is 3.18. The molecule has 1 N–H and O–H groups in total. The number of rotatable bonds is 5. The quantitative estimate of drug-likeness (QED) is 0.883. The van der Waals surface area contributed by atoms with Gasteiger partial charge < -0.3 is 5.32 Å². The Morgan fingerprint density at radius 1 is 1.33 bits per heavy atom. The molecule has 0 spiro atoms. The van der Waals surface area contributed by atoms with Crippen LogP contribution < -0.4 is 5.32 Å². The molecule has 0 saturated carbocycles. The first-order valence-electron chi connectivity index (χ1n) is 6.43. The predicted molar refractivity (Wildman–Crippen MR) is 77.9 cm³/mol. The first kappa shape index (κ1) is 13.2. The van der Waals surface area contributed by atoms with Gasteiger partial charge in [-0.15, -0.1) is 11.3 Å². The molecule has 0 amide bonds. The Morgan fingerprint density at radius 3 is 2.78 bits per heavy atom. The molecule has 96 valence electrons. The van der Waals surface area contributed by atoms with Gasteiger partial charge in [0.25, 0.3) is 0 Å². The Balaban J connectivity index is 1.96. The molecular weight excluding hydrogens is 240 g/mol. The second kappa shape index (κ2) is 6.12. The van der Waals surface area contributed by atoms with Gasteiger partial charge in [-0.1, -0.05) is 31.2 Å². The molecule has 0 aliphatic rings. The summed E-state index contributed by atoms with van der Waals surface area (Å²) in [7, 11) is 0. The zero-order chi connectivity index (χ0) is 13.0. The number of thiazole rings is 1. The maximum atomic E-state index is 4.57. The molecule has 0 aliphatic heterocycles. The second-order valence-electron chi connectivity index (χ2n) is 4.55. The lowest BCUT2D eigenvalue weighted by molar-refractivity contribution is 0.566. The van der Waals surface area contributed by atoms with Crippen molar-refractivity contribution in [3.63, 3.8) is 0 Å². The lowest BCUT2D eigenvalue weighted by Gasteiger charge is -2.15. The predicted octanol–water partition coefficient (Wildman–Crippen LogP) is 3.86. The molecule has 0 bridgehead atoms. The Hall–Kier alpha value is -1.19. The van der Waals surface area contributed by atoms with E-state index in [1.807, 2.05) is 0 Å². The number of hydrogen-bond acceptors (Lipinski definition) is 3. The second-order valence-corrected chi connectivity index (χ2v) is 5.49. The molecule has 1 heterocycles. The van der Waals surface area contributed by atoms with Crippen molar-refractivity contribution >= 4 is 11.3 Å². The summed E-state index contributed by atoms with van der Waals surface area (Å²) >= 11 is 1.75. The van der Waals surface area contributed by atoms with Crippen molar-refractivity contribution in [2.45, 2.75) is 39.8 Å². The molecule has 2 nitrogen and oxygen atoms in total. The normalized spacial score (nSPS) is 12.6. The van der Waals surface area contributed by atoms with Gasteiger partial charge in [0.1, 0.15) is 0 Å². The van der Waals surface area contributed by atoms with Crippen molar-refractivity contribution in [3.05, 3.63) is 51.5 Å². The van der Waals surface area contributed by atoms with E-state index < -0.39 is 0 Å². The van der Waals surface area contributed by atoms with Crippen molar-refractivity contribution in [2.75, 3.05) is 0 Å². The van der Waals surface area contributed by atoms with Gasteiger partial charge in [0.05, 0.1) is 10.7 Å². The Morgan fingerprint density at radius 2 is 2.11 bits per heavy atom. The highest BCUT2D eigenvalue weighted by molar-refractivity contribution is 7.09. The van der Waals surface area contributed by atoms with E-state index in [1.54, 1.807) is 11.3 Å². The first-order chi connectivity index (χ1) is 8.70. The summed E-state index contributed by atoms with van der Waals surface area (Å²) in [4.78, 5) is 4.57. The van der Waals surface area contributed by atoms with Crippen molar-refractivity contribution in [1.29, 1.82) is 0 Å². The molecule has 0 unspecified atom stereocenters. The number of aryl methyl sites for hydroxylation is 2. The molecule has 1 aromatic carbocycles. The summed E-state index contributed by atoms with van der Waals surface area (Å²) in [5.41, 5.74) is 3.85. The van der Waals surface area contributed by atoms with E-state index in [1.165, 1.54) is 16.1 Å². The largest absolute Gasteiger partial charge is 0.305 e. The SMILES string of the molecule is CCc1nc(CN[C@H](C)c2ccccc2C)cs1. The minimum Gasteiger partial charge on any atom is -0.305 e. The Labute approximate surface area is 113 Å². The van der Waals surface area contributed by atoms with Crippen LogP contribution in [0.25, 0.3) is 0 Å². The molecular formula is C15H20N2S. The van der Waals surface area contributed by atoms with Crippen LogP contribution in [-0.4, -0.2) is 4.98 Å². The van der Waals surface area contributed by atoms with E-state index in [4.69, 9.17) is 0 Å². The van der Waals surface area contributed by atoms with Crippen LogP contribution in [0.3, 0.4) is 0 Å². The topological polar surface area (TPSA) is 24.9 Å². The maximum absolute atomic E-state index is 4.57. The fraction of sp³-hybridized carbons (Fsp3) is 0.400. The van der Waals surface area contributed by atoms with E-state index in [0.717, 1.165) is 18.7 Å². The summed E-state index contributed by atoms with van der Waals surface area (Å²) < 4.78 is 0. The minimum absolute atomic E-state index is 0.359. The monoisotopic (exact) mass is 260 g/mol. The van der Waals surface area contributed by atoms with Crippen LogP contribution in [0.15, 0.2) is 29.6 Å². The number of nitrogens with one attached hydrogen (secondary N) is 1. The molecule has 1 aromatic heterocycles. The van der Waals surface area contributed by atoms with Gasteiger partial charge in [0.15, 0.2) is 0 Å². The standard InChI is InChI=1S/C15H20N2S/c1-4-15-17-13(10-18-15)9-16-12(3)14-8-6-5-7-11(14)2/h5-8,10,12,16H,4,9H2,1-3H3/t12-/m1/s1.